The van der Waals surface area contributed by atoms with Crippen LogP contribution < -0.4 is 10.1 Å². The van der Waals surface area contributed by atoms with Crippen LogP contribution in [0.5, 0.6) is 5.75 Å². The van der Waals surface area contributed by atoms with Gasteiger partial charge >= 0.3 is 0 Å². The molecular formula is C25H24ClFN4O. The number of allylic oxidation sites excluding steroid dienone is 2. The van der Waals surface area contributed by atoms with Crippen molar-refractivity contribution in [2.75, 3.05) is 12.4 Å². The molecule has 164 valence electrons. The second-order valence-electron chi connectivity index (χ2n) is 7.59. The zero-order chi connectivity index (χ0) is 22.8. The Morgan fingerprint density at radius 2 is 2.03 bits per heavy atom. The van der Waals surface area contributed by atoms with Gasteiger partial charge < -0.3 is 19.5 Å². The zero-order valence-electron chi connectivity index (χ0n) is 18.1. The zero-order valence-corrected chi connectivity index (χ0v) is 18.9. The maximum absolute atomic E-state index is 13.7. The van der Waals surface area contributed by atoms with Gasteiger partial charge in [-0.1, -0.05) is 30.3 Å². The number of ether oxygens (including phenoxy) is 1. The van der Waals surface area contributed by atoms with Gasteiger partial charge in [0, 0.05) is 24.2 Å². The minimum Gasteiger partial charge on any atom is -0.494 e. The molecule has 0 saturated carbocycles. The average Bonchev–Trinajstić information content (AvgIpc) is 3.21. The number of halogens is 2. The van der Waals surface area contributed by atoms with Gasteiger partial charge in [-0.15, -0.1) is 0 Å². The summed E-state index contributed by atoms with van der Waals surface area (Å²) in [4.78, 5) is 6.21. The number of hydrogen-bond acceptors (Lipinski definition) is 4. The summed E-state index contributed by atoms with van der Waals surface area (Å²) in [6.07, 6.45) is 7.31. The number of anilines is 1. The van der Waals surface area contributed by atoms with Crippen LogP contribution in [0.1, 0.15) is 24.2 Å². The highest BCUT2D eigenvalue weighted by Gasteiger charge is 2.23. The Kier molecular flexibility index (Phi) is 6.06. The summed E-state index contributed by atoms with van der Waals surface area (Å²) >= 11 is 6.42. The molecule has 1 aliphatic heterocycles. The molecule has 1 N–H and O–H groups in total. The first-order valence-corrected chi connectivity index (χ1v) is 10.5. The molecule has 0 spiro atoms. The van der Waals surface area contributed by atoms with Gasteiger partial charge in [-0.2, -0.15) is 0 Å². The van der Waals surface area contributed by atoms with E-state index in [1.54, 1.807) is 25.7 Å². The lowest BCUT2D eigenvalue weighted by Crippen LogP contribution is -2.26. The molecule has 0 radical (unpaired) electrons. The van der Waals surface area contributed by atoms with Crippen LogP contribution >= 0.6 is 11.6 Å². The summed E-state index contributed by atoms with van der Waals surface area (Å²) in [6.45, 7) is 8.16. The highest BCUT2D eigenvalue weighted by molar-refractivity contribution is 6.31. The fourth-order valence-corrected chi connectivity index (χ4v) is 3.88. The Morgan fingerprint density at radius 1 is 1.22 bits per heavy atom. The van der Waals surface area contributed by atoms with E-state index in [1.165, 1.54) is 12.1 Å². The highest BCUT2D eigenvalue weighted by atomic mass is 35.5. The molecule has 1 atom stereocenters. The van der Waals surface area contributed by atoms with Gasteiger partial charge in [0.2, 0.25) is 0 Å². The van der Waals surface area contributed by atoms with E-state index < -0.39 is 0 Å². The van der Waals surface area contributed by atoms with Crippen molar-refractivity contribution in [1.29, 1.82) is 0 Å². The molecule has 4 rings (SSSR count). The van der Waals surface area contributed by atoms with Crippen molar-refractivity contribution in [1.82, 2.24) is 14.5 Å². The number of rotatable bonds is 6. The lowest BCUT2D eigenvalue weighted by atomic mass is 10.0. The molecule has 0 unspecified atom stereocenters. The SMILES string of the molecule is C=C1C(Nc2ccc(-n3cnc(C)c3)c(OC)c2)=CC(Cl)=CN1[C@@H](C)c1cccc(F)c1. The fourth-order valence-electron chi connectivity index (χ4n) is 3.67. The number of methoxy groups -OCH3 is 1. The number of aryl methyl sites for hydroxylation is 1. The molecule has 3 aromatic rings. The van der Waals surface area contributed by atoms with Crippen LogP contribution in [0.4, 0.5) is 10.1 Å². The number of imidazole rings is 1. The van der Waals surface area contributed by atoms with E-state index >= 15 is 0 Å². The fraction of sp³-hybridized carbons (Fsp3) is 0.160. The van der Waals surface area contributed by atoms with Crippen LogP contribution in [-0.4, -0.2) is 21.6 Å². The lowest BCUT2D eigenvalue weighted by molar-refractivity contribution is 0.372. The minimum atomic E-state index is -0.277. The van der Waals surface area contributed by atoms with Crippen molar-refractivity contribution >= 4 is 17.3 Å². The lowest BCUT2D eigenvalue weighted by Gasteiger charge is -2.34. The quantitative estimate of drug-likeness (QED) is 0.479. The molecule has 0 bridgehead atoms. The standard InChI is InChI=1S/C25H24ClFN4O/c1-16-13-30(15-28-16)24-9-8-22(12-25(24)32-4)29-23-11-20(26)14-31(18(23)3)17(2)19-6-5-7-21(27)10-19/h5-15,17,29H,3H2,1-2,4H3/t17-/m0/s1. The molecule has 2 heterocycles. The molecule has 0 fully saturated rings. The summed E-state index contributed by atoms with van der Waals surface area (Å²) in [5.41, 5.74) is 4.92. The van der Waals surface area contributed by atoms with Crippen molar-refractivity contribution in [3.63, 3.8) is 0 Å². The van der Waals surface area contributed by atoms with E-state index in [-0.39, 0.29) is 11.9 Å². The van der Waals surface area contributed by atoms with Gasteiger partial charge in [0.25, 0.3) is 0 Å². The number of hydrogen-bond donors (Lipinski definition) is 1. The van der Waals surface area contributed by atoms with E-state index in [1.807, 2.05) is 59.9 Å². The molecule has 1 aliphatic rings. The number of benzene rings is 2. The van der Waals surface area contributed by atoms with Gasteiger partial charge in [0.1, 0.15) is 11.6 Å². The molecule has 5 nitrogen and oxygen atoms in total. The summed E-state index contributed by atoms with van der Waals surface area (Å²) in [6, 6.07) is 12.2. The third-order valence-electron chi connectivity index (χ3n) is 5.36. The second kappa shape index (κ2) is 8.93. The predicted molar refractivity (Wildman–Crippen MR) is 126 cm³/mol. The Balaban J connectivity index is 1.59. The Hall–Kier alpha value is -3.51. The summed E-state index contributed by atoms with van der Waals surface area (Å²) in [5.74, 6) is 0.419. The molecule has 0 saturated heterocycles. The molecule has 0 aliphatic carbocycles. The molecule has 32 heavy (non-hydrogen) atoms. The topological polar surface area (TPSA) is 42.3 Å². The van der Waals surface area contributed by atoms with Gasteiger partial charge in [-0.05, 0) is 49.8 Å². The highest BCUT2D eigenvalue weighted by Crippen LogP contribution is 2.35. The summed E-state index contributed by atoms with van der Waals surface area (Å²) < 4.78 is 21.3. The van der Waals surface area contributed by atoms with E-state index in [4.69, 9.17) is 16.3 Å². The van der Waals surface area contributed by atoms with Crippen molar-refractivity contribution < 1.29 is 9.13 Å². The van der Waals surface area contributed by atoms with Gasteiger partial charge in [-0.25, -0.2) is 9.37 Å². The average molecular weight is 451 g/mol. The second-order valence-corrected chi connectivity index (χ2v) is 8.03. The third-order valence-corrected chi connectivity index (χ3v) is 5.57. The molecule has 0 amide bonds. The predicted octanol–water partition coefficient (Wildman–Crippen LogP) is 6.29. The van der Waals surface area contributed by atoms with E-state index in [0.717, 1.165) is 34.0 Å². The number of nitrogens with zero attached hydrogens (tertiary/aromatic N) is 3. The third kappa shape index (κ3) is 4.41. The molecule has 1 aromatic heterocycles. The van der Waals surface area contributed by atoms with Crippen molar-refractivity contribution in [3.05, 3.63) is 107 Å². The molecule has 7 heteroatoms. The van der Waals surface area contributed by atoms with Crippen LogP contribution in [-0.2, 0) is 0 Å². The Morgan fingerprint density at radius 3 is 2.72 bits per heavy atom. The minimum absolute atomic E-state index is 0.154. The van der Waals surface area contributed by atoms with Crippen LogP contribution in [0.3, 0.4) is 0 Å². The first-order valence-electron chi connectivity index (χ1n) is 10.1. The molecular weight excluding hydrogens is 427 g/mol. The van der Waals surface area contributed by atoms with Gasteiger partial charge in [0.15, 0.2) is 0 Å². The van der Waals surface area contributed by atoms with Gasteiger partial charge in [-0.3, -0.25) is 0 Å². The van der Waals surface area contributed by atoms with Crippen molar-refractivity contribution in [3.8, 4) is 11.4 Å². The summed E-state index contributed by atoms with van der Waals surface area (Å²) in [7, 11) is 1.63. The first kappa shape index (κ1) is 21.7. The number of aromatic nitrogens is 2. The molecule has 2 aromatic carbocycles. The van der Waals surface area contributed by atoms with Crippen LogP contribution in [0.25, 0.3) is 5.69 Å². The normalized spacial score (nSPS) is 14.7. The van der Waals surface area contributed by atoms with Crippen LogP contribution in [0.15, 0.2) is 90.3 Å². The summed E-state index contributed by atoms with van der Waals surface area (Å²) in [5, 5.41) is 3.93. The van der Waals surface area contributed by atoms with E-state index in [0.29, 0.717) is 10.8 Å². The number of nitrogens with one attached hydrogen (secondary N) is 1. The van der Waals surface area contributed by atoms with Crippen LogP contribution in [0.2, 0.25) is 0 Å². The smallest absolute Gasteiger partial charge is 0.144 e. The van der Waals surface area contributed by atoms with E-state index in [9.17, 15) is 4.39 Å². The monoisotopic (exact) mass is 450 g/mol. The van der Waals surface area contributed by atoms with Gasteiger partial charge in [0.05, 0.1) is 47.3 Å². The largest absolute Gasteiger partial charge is 0.494 e. The first-order chi connectivity index (χ1) is 15.4. The van der Waals surface area contributed by atoms with Crippen molar-refractivity contribution in [2.24, 2.45) is 0 Å². The van der Waals surface area contributed by atoms with Crippen molar-refractivity contribution in [2.45, 2.75) is 19.9 Å². The Labute approximate surface area is 192 Å². The van der Waals surface area contributed by atoms with E-state index in [2.05, 4.69) is 16.9 Å². The maximum Gasteiger partial charge on any atom is 0.144 e. The Bertz CT molecular complexity index is 1230. The van der Waals surface area contributed by atoms with Crippen LogP contribution in [0, 0.1) is 12.7 Å². The maximum atomic E-state index is 13.7.